The van der Waals surface area contributed by atoms with Crippen LogP contribution in [0.25, 0.3) is 0 Å². The van der Waals surface area contributed by atoms with Crippen molar-refractivity contribution in [1.82, 2.24) is 4.90 Å². The molecule has 2 heterocycles. The maximum atomic E-state index is 10.9. The normalized spacial score (nSPS) is 42.7. The van der Waals surface area contributed by atoms with Crippen molar-refractivity contribution < 1.29 is 4.79 Å². The van der Waals surface area contributed by atoms with Gasteiger partial charge in [-0.25, -0.2) is 0 Å². The van der Waals surface area contributed by atoms with Gasteiger partial charge in [0.15, 0.2) is 5.50 Å². The van der Waals surface area contributed by atoms with Gasteiger partial charge in [0.2, 0.25) is 0 Å². The molecule has 1 fully saturated rings. The van der Waals surface area contributed by atoms with Gasteiger partial charge in [0.1, 0.15) is 12.3 Å². The van der Waals surface area contributed by atoms with E-state index < -0.39 is 0 Å². The van der Waals surface area contributed by atoms with Gasteiger partial charge >= 0.3 is 0 Å². The van der Waals surface area contributed by atoms with Crippen LogP contribution in [0, 0.1) is 0 Å². The van der Waals surface area contributed by atoms with E-state index in [1.165, 1.54) is 0 Å². The highest BCUT2D eigenvalue weighted by molar-refractivity contribution is 8.00. The smallest absolute Gasteiger partial charge is 0.150 e. The molecule has 4 atom stereocenters. The van der Waals surface area contributed by atoms with E-state index in [4.69, 9.17) is 0 Å². The molecule has 0 spiro atoms. The zero-order chi connectivity index (χ0) is 10.3. The van der Waals surface area contributed by atoms with Crippen molar-refractivity contribution in [3.05, 3.63) is 24.3 Å². The molecular formula is C11H12N2OS. The lowest BCUT2D eigenvalue weighted by molar-refractivity contribution is -0.110. The molecule has 0 radical (unpaired) electrons. The molecule has 0 aromatic rings. The van der Waals surface area contributed by atoms with Crippen LogP contribution in [0.5, 0.6) is 0 Å². The van der Waals surface area contributed by atoms with E-state index in [2.05, 4.69) is 34.2 Å². The summed E-state index contributed by atoms with van der Waals surface area (Å²) in [7, 11) is 0. The zero-order valence-electron chi connectivity index (χ0n) is 8.19. The van der Waals surface area contributed by atoms with Gasteiger partial charge in [-0.3, -0.25) is 9.89 Å². The van der Waals surface area contributed by atoms with Crippen molar-refractivity contribution in [2.24, 2.45) is 4.99 Å². The Balaban J connectivity index is 1.90. The quantitative estimate of drug-likeness (QED) is 0.623. The Labute approximate surface area is 92.9 Å². The molecule has 0 aromatic carbocycles. The van der Waals surface area contributed by atoms with Crippen molar-refractivity contribution in [2.45, 2.75) is 29.3 Å². The van der Waals surface area contributed by atoms with Crippen LogP contribution in [0.15, 0.2) is 29.3 Å². The monoisotopic (exact) mass is 220 g/mol. The Morgan fingerprint density at radius 1 is 1.47 bits per heavy atom. The number of allylic oxidation sites excluding steroid dienone is 2. The van der Waals surface area contributed by atoms with Crippen LogP contribution in [-0.2, 0) is 4.79 Å². The van der Waals surface area contributed by atoms with E-state index in [9.17, 15) is 4.79 Å². The van der Waals surface area contributed by atoms with Crippen molar-refractivity contribution in [2.75, 3.05) is 0 Å². The fourth-order valence-corrected chi connectivity index (χ4v) is 3.83. The summed E-state index contributed by atoms with van der Waals surface area (Å²) in [5.74, 6) is 0. The highest BCUT2D eigenvalue weighted by Gasteiger charge is 2.45. The third-order valence-corrected chi connectivity index (χ3v) is 4.47. The second kappa shape index (κ2) is 3.61. The molecule has 3 nitrogen and oxygen atoms in total. The number of hydrogen-bond acceptors (Lipinski definition) is 4. The number of aliphatic imine (C=N–C) groups is 1. The van der Waals surface area contributed by atoms with Gasteiger partial charge in [0.05, 0.1) is 0 Å². The zero-order valence-corrected chi connectivity index (χ0v) is 9.01. The van der Waals surface area contributed by atoms with Crippen LogP contribution in [0.1, 0.15) is 6.42 Å². The Hall–Kier alpha value is -0.870. The molecule has 2 aliphatic heterocycles. The Bertz CT molecular complexity index is 364. The SMILES string of the molecule is O=CC1C=NC2SC3C=CC=CCC3N12. The van der Waals surface area contributed by atoms with Gasteiger partial charge < -0.3 is 4.79 Å². The molecule has 1 aliphatic carbocycles. The first-order chi connectivity index (χ1) is 7.40. The van der Waals surface area contributed by atoms with Crippen LogP contribution in [0.4, 0.5) is 0 Å². The number of fused-ring (bicyclic) bond motifs is 3. The summed E-state index contributed by atoms with van der Waals surface area (Å²) in [6, 6.07) is 0.310. The molecule has 0 amide bonds. The van der Waals surface area contributed by atoms with E-state index in [1.807, 2.05) is 11.8 Å². The molecule has 0 bridgehead atoms. The molecule has 4 heteroatoms. The Kier molecular flexibility index (Phi) is 2.25. The molecule has 3 rings (SSSR count). The highest BCUT2D eigenvalue weighted by Crippen LogP contribution is 2.42. The summed E-state index contributed by atoms with van der Waals surface area (Å²) in [5.41, 5.74) is 0.159. The van der Waals surface area contributed by atoms with Crippen molar-refractivity contribution in [3.8, 4) is 0 Å². The minimum absolute atomic E-state index is 0.114. The number of rotatable bonds is 1. The molecule has 0 saturated carbocycles. The van der Waals surface area contributed by atoms with Crippen LogP contribution in [-0.4, -0.2) is 40.2 Å². The number of nitrogens with zero attached hydrogens (tertiary/aromatic N) is 2. The largest absolute Gasteiger partial charge is 0.301 e. The van der Waals surface area contributed by atoms with Gasteiger partial charge in [-0.1, -0.05) is 24.3 Å². The van der Waals surface area contributed by atoms with E-state index in [1.54, 1.807) is 6.21 Å². The number of thioether (sulfide) groups is 1. The predicted molar refractivity (Wildman–Crippen MR) is 62.0 cm³/mol. The average Bonchev–Trinajstić information content (AvgIpc) is 2.70. The van der Waals surface area contributed by atoms with Crippen LogP contribution in [0.3, 0.4) is 0 Å². The van der Waals surface area contributed by atoms with E-state index >= 15 is 0 Å². The van der Waals surface area contributed by atoms with Crippen LogP contribution in [0.2, 0.25) is 0 Å². The van der Waals surface area contributed by atoms with Crippen molar-refractivity contribution in [1.29, 1.82) is 0 Å². The van der Waals surface area contributed by atoms with Crippen molar-refractivity contribution >= 4 is 24.3 Å². The lowest BCUT2D eigenvalue weighted by Crippen LogP contribution is -2.42. The van der Waals surface area contributed by atoms with Gasteiger partial charge in [-0.05, 0) is 6.42 Å². The number of aldehydes is 1. The molecule has 4 unspecified atom stereocenters. The first-order valence-electron chi connectivity index (χ1n) is 5.15. The lowest BCUT2D eigenvalue weighted by Gasteiger charge is -2.25. The van der Waals surface area contributed by atoms with Crippen LogP contribution >= 0.6 is 11.8 Å². The van der Waals surface area contributed by atoms with Crippen molar-refractivity contribution in [3.63, 3.8) is 0 Å². The summed E-state index contributed by atoms with van der Waals surface area (Å²) >= 11 is 1.84. The number of carbonyl (C=O) groups is 1. The van der Waals surface area contributed by atoms with Gasteiger partial charge in [-0.2, -0.15) is 0 Å². The highest BCUT2D eigenvalue weighted by atomic mass is 32.2. The second-order valence-electron chi connectivity index (χ2n) is 3.92. The molecule has 0 aromatic heterocycles. The average molecular weight is 220 g/mol. The first-order valence-corrected chi connectivity index (χ1v) is 6.09. The number of hydrogen-bond donors (Lipinski definition) is 0. The first kappa shape index (κ1) is 9.36. The lowest BCUT2D eigenvalue weighted by atomic mass is 10.1. The standard InChI is InChI=1S/C11H12N2OS/c14-7-8-6-12-11-13(8)9-4-2-1-3-5-10(9)15-11/h1-3,5-11H,4H2. The fourth-order valence-electron chi connectivity index (χ4n) is 2.36. The van der Waals surface area contributed by atoms with Gasteiger partial charge in [0.25, 0.3) is 0 Å². The minimum atomic E-state index is -0.114. The molecule has 15 heavy (non-hydrogen) atoms. The van der Waals surface area contributed by atoms with Crippen LogP contribution < -0.4 is 0 Å². The summed E-state index contributed by atoms with van der Waals surface area (Å²) in [5, 5.41) is 0.477. The minimum Gasteiger partial charge on any atom is -0.301 e. The molecule has 0 N–H and O–H groups in total. The molecular weight excluding hydrogens is 208 g/mol. The molecule has 3 aliphatic rings. The van der Waals surface area contributed by atoms with E-state index in [-0.39, 0.29) is 11.5 Å². The van der Waals surface area contributed by atoms with E-state index in [0.717, 1.165) is 12.7 Å². The Morgan fingerprint density at radius 2 is 2.40 bits per heavy atom. The molecule has 1 saturated heterocycles. The number of carbonyl (C=O) groups excluding carboxylic acids is 1. The van der Waals surface area contributed by atoms with Gasteiger partial charge in [0, 0.05) is 17.5 Å². The third-order valence-electron chi connectivity index (χ3n) is 3.07. The summed E-state index contributed by atoms with van der Waals surface area (Å²) < 4.78 is 0. The maximum Gasteiger partial charge on any atom is 0.150 e. The fraction of sp³-hybridized carbons (Fsp3) is 0.455. The topological polar surface area (TPSA) is 32.7 Å². The van der Waals surface area contributed by atoms with E-state index in [0.29, 0.717) is 11.3 Å². The summed E-state index contributed by atoms with van der Waals surface area (Å²) in [6.45, 7) is 0. The summed E-state index contributed by atoms with van der Waals surface area (Å²) in [4.78, 5) is 17.5. The second-order valence-corrected chi connectivity index (χ2v) is 5.15. The molecule has 78 valence electrons. The maximum absolute atomic E-state index is 10.9. The predicted octanol–water partition coefficient (Wildman–Crippen LogP) is 1.22. The summed E-state index contributed by atoms with van der Waals surface area (Å²) in [6.07, 6.45) is 12.3. The van der Waals surface area contributed by atoms with Gasteiger partial charge in [-0.15, -0.1) is 11.8 Å². The Morgan fingerprint density at radius 3 is 3.27 bits per heavy atom. The third kappa shape index (κ3) is 1.40.